The number of methoxy groups -OCH3 is 2. The van der Waals surface area contributed by atoms with Gasteiger partial charge in [-0.15, -0.1) is 0 Å². The summed E-state index contributed by atoms with van der Waals surface area (Å²) in [6.07, 6.45) is 16.7. The van der Waals surface area contributed by atoms with Gasteiger partial charge in [-0.1, -0.05) is 508 Å². The number of allylic oxidation sites excluding steroid dienone is 8. The van der Waals surface area contributed by atoms with Gasteiger partial charge in [-0.05, 0) is 288 Å². The molecule has 131 heavy (non-hydrogen) atoms. The van der Waals surface area contributed by atoms with Crippen molar-refractivity contribution in [3.05, 3.63) is 45.6 Å². The van der Waals surface area contributed by atoms with Crippen molar-refractivity contribution in [3.63, 3.8) is 0 Å². The van der Waals surface area contributed by atoms with E-state index in [-0.39, 0.29) is 0 Å². The van der Waals surface area contributed by atoms with Gasteiger partial charge in [0.25, 0.3) is 0 Å². The Bertz CT molecular complexity index is 2270. The lowest BCUT2D eigenvalue weighted by atomic mass is 9.77. The minimum Gasteiger partial charge on any atom is -0.381 e. The molecule has 0 spiro atoms. The van der Waals surface area contributed by atoms with Crippen LogP contribution in [0.3, 0.4) is 0 Å². The van der Waals surface area contributed by atoms with Gasteiger partial charge < -0.3 is 14.2 Å². The second-order valence-electron chi connectivity index (χ2n) is 50.2. The molecular weight excluding hydrogens is 1590 g/mol. The number of hydrogen-bond acceptors (Lipinski definition) is 3. The Labute approximate surface area is 843 Å². The van der Waals surface area contributed by atoms with Gasteiger partial charge in [-0.3, -0.25) is 0 Å². The van der Waals surface area contributed by atoms with Crippen LogP contribution in [-0.2, 0) is 14.2 Å². The van der Waals surface area contributed by atoms with E-state index in [9.17, 15) is 0 Å². The molecule has 11 unspecified atom stereocenters. The molecule has 0 heterocycles. The third kappa shape index (κ3) is 111. The first kappa shape index (κ1) is 161. The highest BCUT2D eigenvalue weighted by molar-refractivity contribution is 5.15. The van der Waals surface area contributed by atoms with Crippen LogP contribution in [0, 0.1) is 207 Å². The van der Waals surface area contributed by atoms with Gasteiger partial charge in [0.15, 0.2) is 0 Å². The van der Waals surface area contributed by atoms with Crippen LogP contribution in [0.5, 0.6) is 0 Å². The third-order valence-electron chi connectivity index (χ3n) is 29.1. The normalized spacial score (nSPS) is 14.9. The Morgan fingerprint density at radius 3 is 0.664 bits per heavy atom. The molecule has 3 heteroatoms. The summed E-state index contributed by atoms with van der Waals surface area (Å²) >= 11 is 0. The molecule has 0 aromatic carbocycles. The van der Waals surface area contributed by atoms with Crippen molar-refractivity contribution < 1.29 is 14.2 Å². The molecule has 0 aliphatic carbocycles. The molecule has 0 aliphatic rings. The van der Waals surface area contributed by atoms with Crippen LogP contribution in [-0.4, -0.2) is 38.6 Å². The molecule has 11 atom stereocenters. The topological polar surface area (TPSA) is 27.7 Å². The minimum atomic E-state index is 0.363. The van der Waals surface area contributed by atoms with Gasteiger partial charge in [0, 0.05) is 14.2 Å². The molecule has 806 valence electrons. The van der Waals surface area contributed by atoms with Crippen LogP contribution in [0.1, 0.15) is 543 Å². The van der Waals surface area contributed by atoms with Gasteiger partial charge in [0.2, 0.25) is 0 Å². The predicted octanol–water partition coefficient (Wildman–Crippen LogP) is 45.1. The fraction of sp³-hybridized carbons (Fsp3) is 0.938. The summed E-state index contributed by atoms with van der Waals surface area (Å²) in [6, 6.07) is 0. The molecule has 0 amide bonds. The number of hydrogen-bond donors (Lipinski definition) is 0. The molecular formula is C128H276O3. The highest BCUT2D eigenvalue weighted by atomic mass is 16.5. The highest BCUT2D eigenvalue weighted by Crippen LogP contribution is 2.32. The Balaban J connectivity index is -0.0000000940. The van der Waals surface area contributed by atoms with Crippen LogP contribution < -0.4 is 0 Å². The van der Waals surface area contributed by atoms with Crippen LogP contribution in [0.2, 0.25) is 0 Å². The fourth-order valence-electron chi connectivity index (χ4n) is 14.4. The summed E-state index contributed by atoms with van der Waals surface area (Å²) in [4.78, 5) is 0. The van der Waals surface area contributed by atoms with Crippen molar-refractivity contribution in [2.45, 2.75) is 567 Å². The van der Waals surface area contributed by atoms with Gasteiger partial charge in [-0.2, -0.15) is 0 Å². The lowest BCUT2D eigenvalue weighted by Crippen LogP contribution is -2.29. The molecule has 0 saturated heterocycles. The average molecular weight is 1860 g/mol. The summed E-state index contributed by atoms with van der Waals surface area (Å²) < 4.78 is 16.3. The lowest BCUT2D eigenvalue weighted by Gasteiger charge is -2.29. The summed E-state index contributed by atoms with van der Waals surface area (Å²) in [7, 11) is 3.61. The van der Waals surface area contributed by atoms with E-state index in [1.807, 2.05) is 7.11 Å². The zero-order valence-corrected chi connectivity index (χ0v) is 107. The maximum Gasteiger partial charge on any atom is 0.0622 e. The highest BCUT2D eigenvalue weighted by Gasteiger charge is 2.24. The van der Waals surface area contributed by atoms with Crippen LogP contribution in [0.4, 0.5) is 0 Å². The smallest absolute Gasteiger partial charge is 0.0622 e. The average Bonchev–Trinajstić information content (AvgIpc) is 0.912. The first-order valence-electron chi connectivity index (χ1n) is 56.6. The van der Waals surface area contributed by atoms with Gasteiger partial charge in [0.05, 0.1) is 24.4 Å². The van der Waals surface area contributed by atoms with E-state index in [0.717, 1.165) is 142 Å². The van der Waals surface area contributed by atoms with Crippen molar-refractivity contribution in [3.8, 4) is 0 Å². The van der Waals surface area contributed by atoms with Crippen molar-refractivity contribution in [2.24, 2.45) is 207 Å². The standard InChI is InChI=1S/C11H24.C11H22.C10H22O.C10H22.C10H20.C10H22.C10H20.C9H20O.C9H20.C9H18.C8H18O.C8H18.C7H16.C6H14/c2*1-7-11(9(4)5)10(6)8(2)3;1-7(2)9(5)10(11-6)8(3)4;2*1-7(2)9(5)10(6)8(3)4;2*1-6-10(9(4)5)7-8(2)3;1-7(2)6-9(10-5)8(3)4;2*1-7(2)6-9(5)8(3)4;1-6(2)8(5)9-7(3)4;1-6(2)8(5)7(3)4;1-5-7(4)6(2)3;1-5(2)6(3)4/h8-11H,7H2,1-6H3;8-9H,7H2,1-6H3;7-10H,1-6H3;7-10H,1-6H3;7-8H,1-6H3;8-10H,6-7H2,1-5H3;2*7-9H,6H2,1-5H3;7-9H,6H2,1-5H3;2*6-8H,1-5H3;6-8H,1-5H3;6-7H,5H2,1-4H3;5-6H,1-4H3/b;11-10+;;;10-9+;;10-7+;;;9-6+;;;;. The Morgan fingerprint density at radius 1 is 0.244 bits per heavy atom. The summed E-state index contributed by atoms with van der Waals surface area (Å²) in [5, 5.41) is 0. The molecule has 0 aliphatic heterocycles. The molecule has 0 bridgehead atoms. The largest absolute Gasteiger partial charge is 0.381 e. The Morgan fingerprint density at radius 2 is 0.580 bits per heavy atom. The first-order chi connectivity index (χ1) is 59.1. The third-order valence-corrected chi connectivity index (χ3v) is 29.1. The quantitative estimate of drug-likeness (QED) is 0.0572. The molecule has 0 radical (unpaired) electrons. The SMILES string of the molecule is C/C(=C(/C)C(C)C)C(C)C.C/C(=C\C(C)C)C(C)C.CC(C)C(C)C.CC(C)C(C)C(C)C.CC(C)C(C)C(C)C(C)C.CC(C)CC(C)C(C)C.CC(C)OC(C)C(C)C.CC/C(=C(/C)C(C)C)C(C)C.CC/C(=C\C(C)C)C(C)C.CCC(C(C)C)C(C)C(C)C.CCC(C)C(C)C.CCC(CC(C)C)C(C)C.COC(C(C)C)C(C)C(C)C.COC(CC(C)C)C(C)C. The minimum absolute atomic E-state index is 0.363. The van der Waals surface area contributed by atoms with Gasteiger partial charge in [0.1, 0.15) is 0 Å². The maximum atomic E-state index is 5.51. The second kappa shape index (κ2) is 97.7. The van der Waals surface area contributed by atoms with E-state index in [1.54, 1.807) is 35.0 Å². The van der Waals surface area contributed by atoms with Crippen LogP contribution in [0.15, 0.2) is 45.6 Å². The van der Waals surface area contributed by atoms with E-state index >= 15 is 0 Å². The van der Waals surface area contributed by atoms with E-state index in [1.165, 1.54) is 56.9 Å². The zero-order valence-electron chi connectivity index (χ0n) is 107. The van der Waals surface area contributed by atoms with E-state index in [2.05, 4.69) is 504 Å². The summed E-state index contributed by atoms with van der Waals surface area (Å²) in [5.41, 5.74) is 9.42. The van der Waals surface area contributed by atoms with Crippen molar-refractivity contribution in [1.82, 2.24) is 0 Å². The maximum absolute atomic E-state index is 5.51. The monoisotopic (exact) mass is 1860 g/mol. The molecule has 0 rings (SSSR count). The van der Waals surface area contributed by atoms with Gasteiger partial charge in [-0.25, -0.2) is 0 Å². The van der Waals surface area contributed by atoms with Gasteiger partial charge >= 0.3 is 0 Å². The molecule has 0 aromatic heterocycles. The van der Waals surface area contributed by atoms with Crippen molar-refractivity contribution in [1.29, 1.82) is 0 Å². The number of ether oxygens (including phenoxy) is 3. The van der Waals surface area contributed by atoms with Crippen LogP contribution in [0.25, 0.3) is 0 Å². The van der Waals surface area contributed by atoms with E-state index in [4.69, 9.17) is 14.2 Å². The first-order valence-corrected chi connectivity index (χ1v) is 56.6. The summed E-state index contributed by atoms with van der Waals surface area (Å²) in [5.74, 6) is 27.9. The summed E-state index contributed by atoms with van der Waals surface area (Å²) in [6.45, 7) is 161. The molecule has 0 fully saturated rings. The predicted molar refractivity (Wildman–Crippen MR) is 622 cm³/mol. The van der Waals surface area contributed by atoms with E-state index < -0.39 is 0 Å². The lowest BCUT2D eigenvalue weighted by molar-refractivity contribution is -0.00642. The molecule has 0 aromatic rings. The Hall–Kier alpha value is -1.16. The van der Waals surface area contributed by atoms with E-state index in [0.29, 0.717) is 89.5 Å². The number of rotatable bonds is 40. The van der Waals surface area contributed by atoms with Crippen molar-refractivity contribution >= 4 is 0 Å². The van der Waals surface area contributed by atoms with Crippen LogP contribution >= 0.6 is 0 Å². The molecule has 0 saturated carbocycles. The molecule has 0 N–H and O–H groups in total. The fourth-order valence-corrected chi connectivity index (χ4v) is 14.4. The zero-order chi connectivity index (χ0) is 108. The van der Waals surface area contributed by atoms with Crippen molar-refractivity contribution in [2.75, 3.05) is 14.2 Å². The second-order valence-corrected chi connectivity index (χ2v) is 50.2. The molecule has 3 nitrogen and oxygen atoms in total. The Kier molecular flexibility index (Phi) is 120.